The maximum absolute atomic E-state index is 13.8. The number of aldehydes is 1. The Morgan fingerprint density at radius 1 is 1.31 bits per heavy atom. The molecule has 0 spiro atoms. The number of nitrogens with two attached hydrogens (primary N) is 1. The average Bonchev–Trinajstić information content (AvgIpc) is 2.77. The number of hydrogen-bond acceptors (Lipinski definition) is 6. The number of amidine groups is 1. The van der Waals surface area contributed by atoms with Crippen molar-refractivity contribution in [2.75, 3.05) is 24.5 Å². The molecule has 2 rings (SSSR count). The molecule has 1 amide bonds. The van der Waals surface area contributed by atoms with Gasteiger partial charge in [0.2, 0.25) is 0 Å². The molecule has 35 heavy (non-hydrogen) atoms. The number of piperazine rings is 1. The fraction of sp³-hybridized carbons (Fsp3) is 0.500. The summed E-state index contributed by atoms with van der Waals surface area (Å²) in [6.07, 6.45) is -3.00. The van der Waals surface area contributed by atoms with E-state index in [2.05, 4.69) is 16.6 Å². The van der Waals surface area contributed by atoms with Crippen molar-refractivity contribution >= 4 is 29.6 Å². The molecule has 2 heterocycles. The second-order valence-electron chi connectivity index (χ2n) is 9.13. The van der Waals surface area contributed by atoms with Gasteiger partial charge in [0, 0.05) is 31.9 Å². The molecule has 8 nitrogen and oxygen atoms in total. The number of allylic oxidation sites excluding steroid dienone is 1. The largest absolute Gasteiger partial charge is 0.444 e. The molecule has 1 fully saturated rings. The highest BCUT2D eigenvalue weighted by Gasteiger charge is 2.35. The van der Waals surface area contributed by atoms with Crippen LogP contribution in [0.1, 0.15) is 52.3 Å². The summed E-state index contributed by atoms with van der Waals surface area (Å²) in [6.45, 7) is 12.8. The molecule has 2 N–H and O–H groups in total. The Labute approximate surface area is 203 Å². The smallest absolute Gasteiger partial charge is 0.416 e. The lowest BCUT2D eigenvalue weighted by molar-refractivity contribution is -0.137. The lowest BCUT2D eigenvalue weighted by Gasteiger charge is -2.42. The number of pyridine rings is 1. The Kier molecular flexibility index (Phi) is 8.69. The van der Waals surface area contributed by atoms with Gasteiger partial charge in [-0.05, 0) is 51.8 Å². The van der Waals surface area contributed by atoms with Crippen LogP contribution in [0.15, 0.2) is 35.5 Å². The Bertz CT molecular complexity index is 1030. The van der Waals surface area contributed by atoms with Crippen LogP contribution in [0.3, 0.4) is 0 Å². The third-order valence-electron chi connectivity index (χ3n) is 5.45. The highest BCUT2D eigenvalue weighted by atomic mass is 19.4. The van der Waals surface area contributed by atoms with Crippen LogP contribution in [0.2, 0.25) is 0 Å². The molecule has 1 aliphatic heterocycles. The molecule has 0 saturated carbocycles. The van der Waals surface area contributed by atoms with Gasteiger partial charge >= 0.3 is 12.3 Å². The molecule has 1 saturated heterocycles. The lowest BCUT2D eigenvalue weighted by Crippen LogP contribution is -2.55. The summed E-state index contributed by atoms with van der Waals surface area (Å²) in [4.78, 5) is 35.7. The monoisotopic (exact) mass is 495 g/mol. The second kappa shape index (κ2) is 10.9. The van der Waals surface area contributed by atoms with Crippen molar-refractivity contribution in [2.24, 2.45) is 10.7 Å². The Morgan fingerprint density at radius 2 is 1.97 bits per heavy atom. The number of aromatic nitrogens is 1. The van der Waals surface area contributed by atoms with Gasteiger partial charge in [-0.25, -0.2) is 14.8 Å². The van der Waals surface area contributed by atoms with Crippen LogP contribution in [0, 0.1) is 0 Å². The van der Waals surface area contributed by atoms with Gasteiger partial charge in [-0.1, -0.05) is 13.5 Å². The van der Waals surface area contributed by atoms with Gasteiger partial charge in [-0.15, -0.1) is 0 Å². The molecule has 0 aliphatic carbocycles. The van der Waals surface area contributed by atoms with E-state index >= 15 is 0 Å². The van der Waals surface area contributed by atoms with Crippen molar-refractivity contribution in [3.63, 3.8) is 0 Å². The summed E-state index contributed by atoms with van der Waals surface area (Å²) in [6, 6.07) is 1.56. The fourth-order valence-electron chi connectivity index (χ4n) is 3.66. The summed E-state index contributed by atoms with van der Waals surface area (Å²) in [5.41, 5.74) is 4.24. The highest BCUT2D eigenvalue weighted by Crippen LogP contribution is 2.34. The number of ether oxygens (including phenoxy) is 1. The third kappa shape index (κ3) is 7.06. The summed E-state index contributed by atoms with van der Waals surface area (Å²) >= 11 is 0. The van der Waals surface area contributed by atoms with E-state index in [0.717, 1.165) is 18.3 Å². The van der Waals surface area contributed by atoms with Gasteiger partial charge in [-0.2, -0.15) is 13.2 Å². The summed E-state index contributed by atoms with van der Waals surface area (Å²) in [7, 11) is 0. The van der Waals surface area contributed by atoms with Crippen molar-refractivity contribution in [3.05, 3.63) is 41.7 Å². The number of nitrogens with zero attached hydrogens (tertiary/aromatic N) is 4. The Balaban J connectivity index is 2.52. The predicted octanol–water partition coefficient (Wildman–Crippen LogP) is 4.41. The zero-order chi connectivity index (χ0) is 26.6. The normalized spacial score (nSPS) is 18.2. The van der Waals surface area contributed by atoms with E-state index in [0.29, 0.717) is 12.7 Å². The van der Waals surface area contributed by atoms with Gasteiger partial charge in [0.1, 0.15) is 17.3 Å². The standard InChI is InChI=1S/C24H32F3N5O3/c1-7-17-13-31(22(34)35-23(4,5)6)9-10-32(17)20-12-16(24(25,26)27)11-19(30-20)15(3)18(14-33)21(28)29-8-2/h8,11-12,14,17H,2,7,9-10,13H2,1,3-6H3,(H2,28,29)/b18-15+/t17-/m1/s1. The van der Waals surface area contributed by atoms with Gasteiger partial charge in [0.05, 0.1) is 16.8 Å². The number of hydrogen-bond donors (Lipinski definition) is 1. The van der Waals surface area contributed by atoms with Crippen molar-refractivity contribution in [1.29, 1.82) is 0 Å². The first-order chi connectivity index (χ1) is 16.2. The van der Waals surface area contributed by atoms with Crippen molar-refractivity contribution in [1.82, 2.24) is 9.88 Å². The SMILES string of the molecule is C=CN=C(N)/C(C=O)=C(\C)c1cc(C(F)(F)F)cc(N2CCN(C(=O)OC(C)(C)C)C[C@H]2CC)n1. The van der Waals surface area contributed by atoms with Crippen LogP contribution in [-0.4, -0.2) is 59.4 Å². The van der Waals surface area contributed by atoms with E-state index in [1.165, 1.54) is 6.92 Å². The van der Waals surface area contributed by atoms with Crippen LogP contribution in [0.25, 0.3) is 5.57 Å². The molecule has 1 atom stereocenters. The van der Waals surface area contributed by atoms with E-state index in [9.17, 15) is 22.8 Å². The first-order valence-corrected chi connectivity index (χ1v) is 11.2. The van der Waals surface area contributed by atoms with E-state index < -0.39 is 23.4 Å². The van der Waals surface area contributed by atoms with Crippen molar-refractivity contribution < 1.29 is 27.5 Å². The van der Waals surface area contributed by atoms with E-state index in [-0.39, 0.29) is 54.2 Å². The molecule has 0 aromatic carbocycles. The van der Waals surface area contributed by atoms with Gasteiger partial charge in [0.25, 0.3) is 0 Å². The topological polar surface area (TPSA) is 101 Å². The average molecular weight is 496 g/mol. The zero-order valence-corrected chi connectivity index (χ0v) is 20.6. The molecular formula is C24H32F3N5O3. The molecule has 0 bridgehead atoms. The molecule has 1 aromatic rings. The molecule has 192 valence electrons. The number of rotatable bonds is 6. The minimum Gasteiger partial charge on any atom is -0.444 e. The first-order valence-electron chi connectivity index (χ1n) is 11.2. The zero-order valence-electron chi connectivity index (χ0n) is 20.6. The third-order valence-corrected chi connectivity index (χ3v) is 5.45. The molecule has 1 aliphatic rings. The number of carbonyl (C=O) groups is 2. The second-order valence-corrected chi connectivity index (χ2v) is 9.13. The number of anilines is 1. The number of amides is 1. The minimum absolute atomic E-state index is 0.0523. The fourth-order valence-corrected chi connectivity index (χ4v) is 3.66. The molecular weight excluding hydrogens is 463 g/mol. The predicted molar refractivity (Wildman–Crippen MR) is 129 cm³/mol. The van der Waals surface area contributed by atoms with Crippen molar-refractivity contribution in [3.8, 4) is 0 Å². The number of halogens is 3. The number of alkyl halides is 3. The minimum atomic E-state index is -4.64. The number of aliphatic imine (C=N–C) groups is 1. The molecule has 1 aromatic heterocycles. The molecule has 0 unspecified atom stereocenters. The lowest BCUT2D eigenvalue weighted by atomic mass is 10.0. The van der Waals surface area contributed by atoms with Crippen LogP contribution >= 0.6 is 0 Å². The van der Waals surface area contributed by atoms with Gasteiger partial charge in [-0.3, -0.25) is 4.79 Å². The molecule has 0 radical (unpaired) electrons. The van der Waals surface area contributed by atoms with Crippen LogP contribution < -0.4 is 10.6 Å². The van der Waals surface area contributed by atoms with E-state index in [1.807, 2.05) is 6.92 Å². The van der Waals surface area contributed by atoms with Gasteiger partial charge < -0.3 is 20.3 Å². The Hall–Kier alpha value is -3.37. The summed E-state index contributed by atoms with van der Waals surface area (Å²) < 4.78 is 46.8. The summed E-state index contributed by atoms with van der Waals surface area (Å²) in [5, 5.41) is 0. The maximum atomic E-state index is 13.8. The van der Waals surface area contributed by atoms with E-state index in [1.54, 1.807) is 30.6 Å². The number of carbonyl (C=O) groups excluding carboxylic acids is 2. The molecule has 11 heteroatoms. The van der Waals surface area contributed by atoms with Crippen molar-refractivity contribution in [2.45, 2.75) is 58.9 Å². The summed E-state index contributed by atoms with van der Waals surface area (Å²) in [5.74, 6) is -0.0833. The Morgan fingerprint density at radius 3 is 2.49 bits per heavy atom. The van der Waals surface area contributed by atoms with Crippen LogP contribution in [0.4, 0.5) is 23.8 Å². The highest BCUT2D eigenvalue weighted by molar-refractivity contribution is 6.18. The van der Waals surface area contributed by atoms with E-state index in [4.69, 9.17) is 10.5 Å². The van der Waals surface area contributed by atoms with Crippen LogP contribution in [-0.2, 0) is 15.7 Å². The maximum Gasteiger partial charge on any atom is 0.416 e. The van der Waals surface area contributed by atoms with Crippen LogP contribution in [0.5, 0.6) is 0 Å². The first kappa shape index (κ1) is 27.9. The quantitative estimate of drug-likeness (QED) is 0.272. The van der Waals surface area contributed by atoms with Gasteiger partial charge in [0.15, 0.2) is 6.29 Å².